The van der Waals surface area contributed by atoms with E-state index in [2.05, 4.69) is 60.7 Å². The number of rotatable bonds is 4. The van der Waals surface area contributed by atoms with Crippen LogP contribution in [-0.2, 0) is 5.41 Å². The van der Waals surface area contributed by atoms with Gasteiger partial charge in [0.2, 0.25) is 0 Å². The van der Waals surface area contributed by atoms with Crippen LogP contribution in [0, 0.1) is 0 Å². The van der Waals surface area contributed by atoms with Crippen molar-refractivity contribution in [2.75, 3.05) is 31.1 Å². The molecule has 1 atom stereocenters. The van der Waals surface area contributed by atoms with Gasteiger partial charge in [0.05, 0.1) is 0 Å². The first-order valence-corrected chi connectivity index (χ1v) is 8.66. The van der Waals surface area contributed by atoms with Gasteiger partial charge >= 0.3 is 0 Å². The fourth-order valence-electron chi connectivity index (χ4n) is 3.40. The van der Waals surface area contributed by atoms with E-state index in [1.807, 2.05) is 10.6 Å². The van der Waals surface area contributed by atoms with Crippen molar-refractivity contribution in [3.8, 4) is 0 Å². The molecule has 1 fully saturated rings. The number of likely N-dealkylation sites (N-methyl/N-ethyl adjacent to an activating group) is 1. The molecule has 1 aliphatic rings. The van der Waals surface area contributed by atoms with E-state index in [9.17, 15) is 0 Å². The average Bonchev–Trinajstić information content (AvgIpc) is 3.14. The van der Waals surface area contributed by atoms with Crippen LogP contribution in [0.2, 0.25) is 0 Å². The molecule has 0 bridgehead atoms. The third kappa shape index (κ3) is 3.04. The van der Waals surface area contributed by atoms with Crippen molar-refractivity contribution < 1.29 is 0 Å². The summed E-state index contributed by atoms with van der Waals surface area (Å²) in [4.78, 5) is 4.92. The molecule has 23 heavy (non-hydrogen) atoms. The molecule has 6 nitrogen and oxygen atoms in total. The summed E-state index contributed by atoms with van der Waals surface area (Å²) in [5, 5.41) is 13.4. The van der Waals surface area contributed by atoms with Gasteiger partial charge in [-0.25, -0.2) is 0 Å². The quantitative estimate of drug-likeness (QED) is 0.866. The van der Waals surface area contributed by atoms with Crippen LogP contribution in [0.1, 0.15) is 46.9 Å². The Labute approximate surface area is 138 Å². The minimum atomic E-state index is -0.0696. The van der Waals surface area contributed by atoms with E-state index in [0.717, 1.165) is 43.5 Å². The Morgan fingerprint density at radius 3 is 2.57 bits per heavy atom. The Morgan fingerprint density at radius 1 is 1.17 bits per heavy atom. The summed E-state index contributed by atoms with van der Waals surface area (Å²) >= 11 is 0. The van der Waals surface area contributed by atoms with Crippen molar-refractivity contribution in [3.63, 3.8) is 0 Å². The molecule has 6 heteroatoms. The summed E-state index contributed by atoms with van der Waals surface area (Å²) < 4.78 is 1.90. The molecule has 0 N–H and O–H groups in total. The van der Waals surface area contributed by atoms with Crippen molar-refractivity contribution in [1.29, 1.82) is 0 Å². The molecule has 0 saturated carbocycles. The van der Waals surface area contributed by atoms with Crippen LogP contribution in [0.3, 0.4) is 0 Å². The summed E-state index contributed by atoms with van der Waals surface area (Å²) in [7, 11) is 0. The van der Waals surface area contributed by atoms with Crippen molar-refractivity contribution in [2.24, 2.45) is 0 Å². The van der Waals surface area contributed by atoms with Crippen LogP contribution >= 0.6 is 0 Å². The van der Waals surface area contributed by atoms with Crippen molar-refractivity contribution >= 4 is 11.5 Å². The molecule has 3 heterocycles. The highest BCUT2D eigenvalue weighted by Gasteiger charge is 2.28. The first kappa shape index (κ1) is 16.2. The summed E-state index contributed by atoms with van der Waals surface area (Å²) in [5.41, 5.74) is 0.748. The molecule has 2 aromatic heterocycles. The molecule has 0 spiro atoms. The maximum atomic E-state index is 4.83. The van der Waals surface area contributed by atoms with E-state index in [1.165, 1.54) is 6.42 Å². The van der Waals surface area contributed by atoms with Crippen molar-refractivity contribution in [3.05, 3.63) is 18.0 Å². The highest BCUT2D eigenvalue weighted by Crippen LogP contribution is 2.24. The Morgan fingerprint density at radius 2 is 1.91 bits per heavy atom. The number of hydrogen-bond donors (Lipinski definition) is 0. The molecule has 0 radical (unpaired) electrons. The van der Waals surface area contributed by atoms with Gasteiger partial charge < -0.3 is 4.90 Å². The molecule has 126 valence electrons. The standard InChI is InChI=1S/C17H28N6/c1-6-21(7-2)13-10-11-22(12-13)15-9-8-14-18-19-16(17(3,4)5)23(14)20-15/h8-9,13H,6-7,10-12H2,1-5H3. The second-order valence-corrected chi connectivity index (χ2v) is 7.34. The summed E-state index contributed by atoms with van der Waals surface area (Å²) in [6.45, 7) is 15.2. The Balaban J connectivity index is 1.87. The van der Waals surface area contributed by atoms with Gasteiger partial charge in [-0.05, 0) is 31.6 Å². The minimum absolute atomic E-state index is 0.0696. The van der Waals surface area contributed by atoms with Crippen LogP contribution in [0.4, 0.5) is 5.82 Å². The highest BCUT2D eigenvalue weighted by molar-refractivity contribution is 5.47. The van der Waals surface area contributed by atoms with Gasteiger partial charge in [-0.2, -0.15) is 4.52 Å². The SMILES string of the molecule is CCN(CC)C1CCN(c2ccc3nnc(C(C)(C)C)n3n2)C1. The van der Waals surface area contributed by atoms with Gasteiger partial charge in [0.15, 0.2) is 11.5 Å². The van der Waals surface area contributed by atoms with Crippen molar-refractivity contribution in [2.45, 2.75) is 52.5 Å². The van der Waals surface area contributed by atoms with Crippen LogP contribution < -0.4 is 4.90 Å². The minimum Gasteiger partial charge on any atom is -0.354 e. The predicted octanol–water partition coefficient (Wildman–Crippen LogP) is 2.34. The van der Waals surface area contributed by atoms with Gasteiger partial charge in [-0.1, -0.05) is 34.6 Å². The normalized spacial score (nSPS) is 19.2. The first-order valence-electron chi connectivity index (χ1n) is 8.66. The second-order valence-electron chi connectivity index (χ2n) is 7.34. The topological polar surface area (TPSA) is 49.6 Å². The predicted molar refractivity (Wildman–Crippen MR) is 93.0 cm³/mol. The molecule has 2 aromatic rings. The first-order chi connectivity index (χ1) is 10.9. The number of anilines is 1. The average molecular weight is 316 g/mol. The highest BCUT2D eigenvalue weighted by atomic mass is 15.4. The lowest BCUT2D eigenvalue weighted by molar-refractivity contribution is 0.232. The van der Waals surface area contributed by atoms with Crippen molar-refractivity contribution in [1.82, 2.24) is 24.7 Å². The number of hydrogen-bond acceptors (Lipinski definition) is 5. The van der Waals surface area contributed by atoms with E-state index >= 15 is 0 Å². The Kier molecular flexibility index (Phi) is 4.27. The lowest BCUT2D eigenvalue weighted by atomic mass is 9.96. The molecule has 0 aromatic carbocycles. The van der Waals surface area contributed by atoms with E-state index in [-0.39, 0.29) is 5.41 Å². The molecule has 0 amide bonds. The van der Waals surface area contributed by atoms with Crippen LogP contribution in [0.5, 0.6) is 0 Å². The molecule has 0 aliphatic carbocycles. The van der Waals surface area contributed by atoms with E-state index < -0.39 is 0 Å². The third-order valence-electron chi connectivity index (χ3n) is 4.74. The van der Waals surface area contributed by atoms with Crippen LogP contribution in [0.15, 0.2) is 12.1 Å². The molecule has 1 saturated heterocycles. The summed E-state index contributed by atoms with van der Waals surface area (Å²) in [5.74, 6) is 1.94. The number of fused-ring (bicyclic) bond motifs is 1. The van der Waals surface area contributed by atoms with E-state index in [4.69, 9.17) is 5.10 Å². The van der Waals surface area contributed by atoms with Gasteiger partial charge in [0, 0.05) is 24.5 Å². The smallest absolute Gasteiger partial charge is 0.178 e. The lowest BCUT2D eigenvalue weighted by Gasteiger charge is -2.26. The van der Waals surface area contributed by atoms with Crippen LogP contribution in [-0.4, -0.2) is 56.9 Å². The largest absolute Gasteiger partial charge is 0.354 e. The van der Waals surface area contributed by atoms with E-state index in [0.29, 0.717) is 6.04 Å². The number of nitrogens with zero attached hydrogens (tertiary/aromatic N) is 6. The summed E-state index contributed by atoms with van der Waals surface area (Å²) in [6, 6.07) is 4.72. The molecular formula is C17H28N6. The maximum absolute atomic E-state index is 4.83. The third-order valence-corrected chi connectivity index (χ3v) is 4.74. The van der Waals surface area contributed by atoms with Crippen LogP contribution in [0.25, 0.3) is 5.65 Å². The zero-order valence-electron chi connectivity index (χ0n) is 15.0. The fourth-order valence-corrected chi connectivity index (χ4v) is 3.40. The van der Waals surface area contributed by atoms with Gasteiger partial charge in [-0.3, -0.25) is 4.90 Å². The number of aromatic nitrogens is 4. The monoisotopic (exact) mass is 316 g/mol. The molecule has 1 unspecified atom stereocenters. The Hall–Kier alpha value is -1.69. The molecular weight excluding hydrogens is 288 g/mol. The maximum Gasteiger partial charge on any atom is 0.178 e. The molecule has 1 aliphatic heterocycles. The second kappa shape index (κ2) is 6.07. The van der Waals surface area contributed by atoms with Gasteiger partial charge in [0.25, 0.3) is 0 Å². The Bertz CT molecular complexity index is 667. The molecule has 3 rings (SSSR count). The lowest BCUT2D eigenvalue weighted by Crippen LogP contribution is -2.37. The summed E-state index contributed by atoms with van der Waals surface area (Å²) in [6.07, 6.45) is 1.20. The zero-order valence-corrected chi connectivity index (χ0v) is 15.0. The van der Waals surface area contributed by atoms with E-state index in [1.54, 1.807) is 0 Å². The van der Waals surface area contributed by atoms with Gasteiger partial charge in [0.1, 0.15) is 5.82 Å². The fraction of sp³-hybridized carbons (Fsp3) is 0.706. The zero-order chi connectivity index (χ0) is 16.6. The van der Waals surface area contributed by atoms with Gasteiger partial charge in [-0.15, -0.1) is 15.3 Å².